The third-order valence-electron chi connectivity index (χ3n) is 3.05. The highest BCUT2D eigenvalue weighted by atomic mass is 16.6. The molecular formula is C11H16N2O5. The molecule has 18 heavy (non-hydrogen) atoms. The van der Waals surface area contributed by atoms with Crippen LogP contribution in [0.5, 0.6) is 0 Å². The molecule has 2 heterocycles. The molecule has 1 amide bonds. The van der Waals surface area contributed by atoms with Crippen LogP contribution in [0, 0.1) is 0 Å². The molecule has 100 valence electrons. The van der Waals surface area contributed by atoms with E-state index < -0.39 is 37.1 Å². The minimum Gasteiger partial charge on any atom is -0.394 e. The summed E-state index contributed by atoms with van der Waals surface area (Å²) in [6.45, 7) is -0.390. The summed E-state index contributed by atoms with van der Waals surface area (Å²) in [6, 6.07) is 0. The highest BCUT2D eigenvalue weighted by molar-refractivity contribution is 5.92. The van der Waals surface area contributed by atoms with Gasteiger partial charge in [-0.25, -0.2) is 0 Å². The zero-order chi connectivity index (χ0) is 13.3. The number of carbonyl (C=O) groups is 1. The van der Waals surface area contributed by atoms with Gasteiger partial charge in [0.2, 0.25) is 5.91 Å². The first-order valence-electron chi connectivity index (χ1n) is 5.61. The lowest BCUT2D eigenvalue weighted by Crippen LogP contribution is -2.40. The zero-order valence-corrected chi connectivity index (χ0v) is 9.64. The number of hydrogen-bond donors (Lipinski definition) is 4. The average Bonchev–Trinajstić information content (AvgIpc) is 2.66. The molecule has 2 rings (SSSR count). The first-order chi connectivity index (χ1) is 8.54. The van der Waals surface area contributed by atoms with Crippen LogP contribution in [0.4, 0.5) is 0 Å². The minimum absolute atomic E-state index is 0.384. The smallest absolute Gasteiger partial charge is 0.246 e. The molecule has 5 N–H and O–H groups in total. The first-order valence-corrected chi connectivity index (χ1v) is 5.61. The number of nitrogens with two attached hydrogens (primary N) is 1. The van der Waals surface area contributed by atoms with Crippen molar-refractivity contribution in [3.8, 4) is 0 Å². The summed E-state index contributed by atoms with van der Waals surface area (Å²) in [7, 11) is 0. The van der Waals surface area contributed by atoms with Crippen molar-refractivity contribution in [3.05, 3.63) is 24.0 Å². The second-order valence-corrected chi connectivity index (χ2v) is 4.28. The van der Waals surface area contributed by atoms with Gasteiger partial charge in [0.25, 0.3) is 0 Å². The molecule has 7 nitrogen and oxygen atoms in total. The van der Waals surface area contributed by atoms with Gasteiger partial charge >= 0.3 is 0 Å². The minimum atomic E-state index is -1.17. The maximum atomic E-state index is 11.1. The van der Waals surface area contributed by atoms with Gasteiger partial charge in [0.1, 0.15) is 18.3 Å². The summed E-state index contributed by atoms with van der Waals surface area (Å²) >= 11 is 0. The monoisotopic (exact) mass is 256 g/mol. The Labute approximate surface area is 104 Å². The fourth-order valence-corrected chi connectivity index (χ4v) is 2.03. The molecule has 0 spiro atoms. The van der Waals surface area contributed by atoms with Crippen molar-refractivity contribution >= 4 is 5.91 Å². The summed E-state index contributed by atoms with van der Waals surface area (Å²) in [5, 5.41) is 28.5. The largest absolute Gasteiger partial charge is 0.394 e. The number of aliphatic hydroxyl groups is 3. The molecule has 2 aliphatic rings. The molecule has 0 aromatic heterocycles. The second kappa shape index (κ2) is 5.07. The van der Waals surface area contributed by atoms with E-state index in [-0.39, 0.29) is 0 Å². The second-order valence-electron chi connectivity index (χ2n) is 4.28. The zero-order valence-electron chi connectivity index (χ0n) is 9.64. The van der Waals surface area contributed by atoms with Gasteiger partial charge in [-0.15, -0.1) is 0 Å². The Bertz CT molecular complexity index is 395. The maximum Gasteiger partial charge on any atom is 0.246 e. The van der Waals surface area contributed by atoms with E-state index in [0.29, 0.717) is 12.0 Å². The summed E-state index contributed by atoms with van der Waals surface area (Å²) in [5.41, 5.74) is 5.57. The van der Waals surface area contributed by atoms with E-state index in [0.717, 1.165) is 0 Å². The Balaban J connectivity index is 2.15. The van der Waals surface area contributed by atoms with Gasteiger partial charge in [-0.2, -0.15) is 0 Å². The molecule has 1 saturated heterocycles. The number of amides is 1. The Hall–Kier alpha value is -1.41. The van der Waals surface area contributed by atoms with Crippen molar-refractivity contribution in [1.82, 2.24) is 4.90 Å². The molecule has 7 heteroatoms. The predicted octanol–water partition coefficient (Wildman–Crippen LogP) is -1.99. The number of carbonyl (C=O) groups excluding carboxylic acids is 1. The summed E-state index contributed by atoms with van der Waals surface area (Å²) in [6.07, 6.45) is 1.20. The highest BCUT2D eigenvalue weighted by Gasteiger charge is 2.44. The lowest BCUT2D eigenvalue weighted by Gasteiger charge is -2.28. The molecule has 0 aromatic carbocycles. The molecule has 4 atom stereocenters. The van der Waals surface area contributed by atoms with Crippen LogP contribution in [0.2, 0.25) is 0 Å². The van der Waals surface area contributed by atoms with Crippen LogP contribution in [0.3, 0.4) is 0 Å². The molecule has 0 radical (unpaired) electrons. The number of nitrogens with zero attached hydrogens (tertiary/aromatic N) is 1. The molecule has 2 aliphatic heterocycles. The standard InChI is InChI=1S/C11H16N2O5/c12-10(17)6-2-1-3-13(4-6)11-9(16)8(15)7(5-14)18-11/h1,3-4,7-9,11,14-16H,2,5H2,(H2,12,17)/t7?,8-,9-,11?/m0/s1. The third-order valence-corrected chi connectivity index (χ3v) is 3.05. The van der Waals surface area contributed by atoms with Gasteiger partial charge in [0.05, 0.1) is 6.61 Å². The number of hydrogen-bond acceptors (Lipinski definition) is 6. The van der Waals surface area contributed by atoms with Gasteiger partial charge in [0, 0.05) is 18.0 Å². The van der Waals surface area contributed by atoms with E-state index in [1.54, 1.807) is 12.3 Å². The molecule has 0 aromatic rings. The van der Waals surface area contributed by atoms with Crippen LogP contribution in [-0.4, -0.2) is 57.3 Å². The normalized spacial score (nSPS) is 35.7. The fraction of sp³-hybridized carbons (Fsp3) is 0.545. The van der Waals surface area contributed by atoms with Gasteiger partial charge in [-0.05, 0) is 6.42 Å². The van der Waals surface area contributed by atoms with Crippen molar-refractivity contribution < 1.29 is 24.9 Å². The lowest BCUT2D eigenvalue weighted by atomic mass is 10.1. The van der Waals surface area contributed by atoms with E-state index >= 15 is 0 Å². The number of primary amides is 1. The van der Waals surface area contributed by atoms with Crippen LogP contribution < -0.4 is 5.73 Å². The van der Waals surface area contributed by atoms with Gasteiger partial charge in [-0.1, -0.05) is 6.08 Å². The van der Waals surface area contributed by atoms with E-state index in [2.05, 4.69) is 0 Å². The SMILES string of the molecule is NC(=O)C1=CN(C2OC(CO)[C@H](O)[C@@H]2O)C=CC1. The van der Waals surface area contributed by atoms with Crippen molar-refractivity contribution in [3.63, 3.8) is 0 Å². The van der Waals surface area contributed by atoms with E-state index in [1.807, 2.05) is 0 Å². The Morgan fingerprint density at radius 2 is 2.22 bits per heavy atom. The molecular weight excluding hydrogens is 240 g/mol. The van der Waals surface area contributed by atoms with Crippen LogP contribution in [0.25, 0.3) is 0 Å². The third kappa shape index (κ3) is 2.25. The Morgan fingerprint density at radius 3 is 2.78 bits per heavy atom. The van der Waals surface area contributed by atoms with Crippen LogP contribution in [-0.2, 0) is 9.53 Å². The first kappa shape index (κ1) is 13.0. The summed E-state index contributed by atoms with van der Waals surface area (Å²) < 4.78 is 5.33. The number of allylic oxidation sites excluding steroid dienone is 1. The quantitative estimate of drug-likeness (QED) is 0.465. The predicted molar refractivity (Wildman–Crippen MR) is 60.6 cm³/mol. The molecule has 0 aliphatic carbocycles. The molecule has 0 bridgehead atoms. The van der Waals surface area contributed by atoms with Gasteiger partial charge in [-0.3, -0.25) is 4.79 Å². The molecule has 1 fully saturated rings. The molecule has 0 saturated carbocycles. The van der Waals surface area contributed by atoms with Crippen LogP contribution >= 0.6 is 0 Å². The number of rotatable bonds is 3. The average molecular weight is 256 g/mol. The van der Waals surface area contributed by atoms with Crippen LogP contribution in [0.15, 0.2) is 24.0 Å². The number of aliphatic hydroxyl groups excluding tert-OH is 3. The van der Waals surface area contributed by atoms with E-state index in [1.165, 1.54) is 11.1 Å². The van der Waals surface area contributed by atoms with Crippen molar-refractivity contribution in [2.24, 2.45) is 5.73 Å². The van der Waals surface area contributed by atoms with Gasteiger partial charge < -0.3 is 30.7 Å². The Kier molecular flexibility index (Phi) is 3.67. The van der Waals surface area contributed by atoms with Crippen LogP contribution in [0.1, 0.15) is 6.42 Å². The van der Waals surface area contributed by atoms with Crippen molar-refractivity contribution in [1.29, 1.82) is 0 Å². The number of ether oxygens (including phenoxy) is 1. The fourth-order valence-electron chi connectivity index (χ4n) is 2.03. The van der Waals surface area contributed by atoms with Crippen molar-refractivity contribution in [2.45, 2.75) is 31.0 Å². The van der Waals surface area contributed by atoms with Crippen molar-refractivity contribution in [2.75, 3.05) is 6.61 Å². The Morgan fingerprint density at radius 1 is 1.50 bits per heavy atom. The molecule has 2 unspecified atom stereocenters. The maximum absolute atomic E-state index is 11.1. The summed E-state index contributed by atoms with van der Waals surface area (Å²) in [4.78, 5) is 12.5. The highest BCUT2D eigenvalue weighted by Crippen LogP contribution is 2.26. The van der Waals surface area contributed by atoms with E-state index in [4.69, 9.17) is 15.6 Å². The topological polar surface area (TPSA) is 116 Å². The van der Waals surface area contributed by atoms with E-state index in [9.17, 15) is 15.0 Å². The summed E-state index contributed by atoms with van der Waals surface area (Å²) in [5.74, 6) is -0.545. The van der Waals surface area contributed by atoms with Gasteiger partial charge in [0.15, 0.2) is 6.23 Å². The lowest BCUT2D eigenvalue weighted by molar-refractivity contribution is -0.114.